The van der Waals surface area contributed by atoms with E-state index < -0.39 is 12.0 Å². The number of esters is 1. The number of nitrogens with zero attached hydrogens (tertiary/aromatic N) is 2. The van der Waals surface area contributed by atoms with E-state index in [1.807, 2.05) is 62.4 Å². The predicted molar refractivity (Wildman–Crippen MR) is 156 cm³/mol. The molecule has 2 heterocycles. The summed E-state index contributed by atoms with van der Waals surface area (Å²) in [4.78, 5) is 32.2. The van der Waals surface area contributed by atoms with Crippen LogP contribution in [0.1, 0.15) is 44.9 Å². The lowest BCUT2D eigenvalue weighted by molar-refractivity contribution is -0.139. The molecule has 9 heteroatoms. The Balaban J connectivity index is 1.91. The van der Waals surface area contributed by atoms with Gasteiger partial charge >= 0.3 is 5.97 Å². The highest BCUT2D eigenvalue weighted by Crippen LogP contribution is 2.36. The van der Waals surface area contributed by atoms with E-state index in [1.165, 1.54) is 11.3 Å². The zero-order valence-electron chi connectivity index (χ0n) is 21.5. The molecule has 0 N–H and O–H groups in total. The van der Waals surface area contributed by atoms with Crippen LogP contribution in [0.3, 0.4) is 0 Å². The molecule has 1 aliphatic rings. The van der Waals surface area contributed by atoms with Gasteiger partial charge in [-0.2, -0.15) is 0 Å². The summed E-state index contributed by atoms with van der Waals surface area (Å²) in [5.41, 5.74) is 2.08. The normalized spacial score (nSPS) is 15.1. The summed E-state index contributed by atoms with van der Waals surface area (Å²) in [6.07, 6.45) is 7.01. The molecular formula is C29H27IN2O5S. The molecule has 0 unspecified atom stereocenters. The van der Waals surface area contributed by atoms with E-state index in [4.69, 9.17) is 20.6 Å². The van der Waals surface area contributed by atoms with Crippen LogP contribution in [0.2, 0.25) is 0 Å². The second kappa shape index (κ2) is 12.0. The Labute approximate surface area is 238 Å². The highest BCUT2D eigenvalue weighted by Gasteiger charge is 2.35. The van der Waals surface area contributed by atoms with E-state index in [9.17, 15) is 9.59 Å². The third-order valence-electron chi connectivity index (χ3n) is 5.66. The van der Waals surface area contributed by atoms with Crippen molar-refractivity contribution in [2.45, 2.75) is 39.8 Å². The minimum absolute atomic E-state index is 0.0989. The maximum absolute atomic E-state index is 13.9. The second-order valence-corrected chi connectivity index (χ2v) is 10.9. The van der Waals surface area contributed by atoms with E-state index in [0.29, 0.717) is 37.7 Å². The van der Waals surface area contributed by atoms with Gasteiger partial charge in [0.25, 0.3) is 5.56 Å². The molecule has 0 saturated carbocycles. The van der Waals surface area contributed by atoms with Crippen LogP contribution in [-0.2, 0) is 9.53 Å². The average molecular weight is 643 g/mol. The fourth-order valence-corrected chi connectivity index (χ4v) is 5.89. The lowest BCUT2D eigenvalue weighted by Gasteiger charge is -2.26. The summed E-state index contributed by atoms with van der Waals surface area (Å²) < 4.78 is 19.9. The van der Waals surface area contributed by atoms with Crippen molar-refractivity contribution < 1.29 is 19.0 Å². The van der Waals surface area contributed by atoms with Gasteiger partial charge < -0.3 is 14.2 Å². The molecule has 1 aliphatic heterocycles. The zero-order valence-corrected chi connectivity index (χ0v) is 24.5. The number of carbonyl (C=O) groups excluding carboxylic acids is 1. The van der Waals surface area contributed by atoms with E-state index in [0.717, 1.165) is 9.13 Å². The first kappa shape index (κ1) is 27.7. The van der Waals surface area contributed by atoms with Gasteiger partial charge in [-0.25, -0.2) is 9.79 Å². The summed E-state index contributed by atoms with van der Waals surface area (Å²) in [6.45, 7) is 7.76. The largest absolute Gasteiger partial charge is 0.491 e. The average Bonchev–Trinajstić information content (AvgIpc) is 3.17. The lowest BCUT2D eigenvalue weighted by atomic mass is 9.95. The lowest BCUT2D eigenvalue weighted by Crippen LogP contribution is -2.40. The van der Waals surface area contributed by atoms with Gasteiger partial charge in [0.05, 0.1) is 32.1 Å². The van der Waals surface area contributed by atoms with E-state index in [-0.39, 0.29) is 24.9 Å². The summed E-state index contributed by atoms with van der Waals surface area (Å²) in [7, 11) is 0. The fourth-order valence-electron chi connectivity index (χ4n) is 4.15. The van der Waals surface area contributed by atoms with Crippen molar-refractivity contribution >= 4 is 46.0 Å². The number of para-hydroxylation sites is 1. The molecular weight excluding hydrogens is 615 g/mol. The number of thiazole rings is 1. The van der Waals surface area contributed by atoms with Gasteiger partial charge in [0.1, 0.15) is 24.1 Å². The van der Waals surface area contributed by atoms with Crippen LogP contribution >= 0.6 is 33.9 Å². The van der Waals surface area contributed by atoms with Crippen molar-refractivity contribution in [2.75, 3.05) is 13.2 Å². The highest BCUT2D eigenvalue weighted by molar-refractivity contribution is 14.1. The number of rotatable bonds is 8. The van der Waals surface area contributed by atoms with E-state index in [2.05, 4.69) is 33.5 Å². The van der Waals surface area contributed by atoms with Crippen molar-refractivity contribution in [2.24, 2.45) is 4.99 Å². The van der Waals surface area contributed by atoms with Gasteiger partial charge in [-0.1, -0.05) is 41.5 Å². The first-order chi connectivity index (χ1) is 18.2. The van der Waals surface area contributed by atoms with Crippen LogP contribution in [0, 0.1) is 15.9 Å². The van der Waals surface area contributed by atoms with Crippen molar-refractivity contribution in [1.29, 1.82) is 0 Å². The first-order valence-electron chi connectivity index (χ1n) is 12.1. The van der Waals surface area contributed by atoms with Crippen LogP contribution < -0.4 is 24.4 Å². The molecule has 196 valence electrons. The highest BCUT2D eigenvalue weighted by atomic mass is 127. The number of fused-ring (bicyclic) bond motifs is 1. The van der Waals surface area contributed by atoms with Crippen LogP contribution in [0.15, 0.2) is 63.5 Å². The van der Waals surface area contributed by atoms with Gasteiger partial charge in [-0.15, -0.1) is 6.42 Å². The number of halogens is 1. The number of hydrogen-bond donors (Lipinski definition) is 0. The molecule has 0 bridgehead atoms. The molecule has 3 aromatic rings. The number of carbonyl (C=O) groups is 1. The van der Waals surface area contributed by atoms with Crippen LogP contribution in [-0.4, -0.2) is 29.9 Å². The van der Waals surface area contributed by atoms with Gasteiger partial charge in [-0.05, 0) is 80.1 Å². The second-order valence-electron chi connectivity index (χ2n) is 8.69. The maximum atomic E-state index is 13.9. The Morgan fingerprint density at radius 1 is 1.26 bits per heavy atom. The SMILES string of the molecule is C#CCOc1ccc(/C=c2/sc3n(c2=O)[C@@H](c2ccccc2OC(C)C)C(C(=O)OCC)=C(C)N=3)cc1I. The molecule has 0 fully saturated rings. The fraction of sp³-hybridized carbons (Fsp3) is 0.276. The van der Waals surface area contributed by atoms with E-state index in [1.54, 1.807) is 18.4 Å². The zero-order chi connectivity index (χ0) is 27.4. The quantitative estimate of drug-likeness (QED) is 0.209. The summed E-state index contributed by atoms with van der Waals surface area (Å²) in [5.74, 6) is 3.22. The minimum Gasteiger partial charge on any atom is -0.491 e. The summed E-state index contributed by atoms with van der Waals surface area (Å²) >= 11 is 3.44. The molecule has 2 aromatic carbocycles. The monoisotopic (exact) mass is 642 g/mol. The number of benzene rings is 2. The van der Waals surface area contributed by atoms with Crippen LogP contribution in [0.5, 0.6) is 11.5 Å². The van der Waals surface area contributed by atoms with Gasteiger partial charge in [0.15, 0.2) is 4.80 Å². The molecule has 0 saturated heterocycles. The van der Waals surface area contributed by atoms with Crippen molar-refractivity contribution in [3.05, 3.63) is 88.1 Å². The number of allylic oxidation sites excluding steroid dienone is 1. The van der Waals surface area contributed by atoms with Crippen molar-refractivity contribution in [3.63, 3.8) is 0 Å². The molecule has 0 radical (unpaired) electrons. The Kier molecular flexibility index (Phi) is 8.74. The maximum Gasteiger partial charge on any atom is 0.338 e. The number of hydrogen-bond acceptors (Lipinski definition) is 7. The third kappa shape index (κ3) is 5.71. The Morgan fingerprint density at radius 2 is 2.03 bits per heavy atom. The molecule has 38 heavy (non-hydrogen) atoms. The van der Waals surface area contributed by atoms with Crippen molar-refractivity contribution in [3.8, 4) is 23.8 Å². The minimum atomic E-state index is -0.748. The Hall–Kier alpha value is -3.36. The summed E-state index contributed by atoms with van der Waals surface area (Å²) in [5, 5.41) is 0. The van der Waals surface area contributed by atoms with Crippen LogP contribution in [0.25, 0.3) is 6.08 Å². The first-order valence-corrected chi connectivity index (χ1v) is 14.0. The van der Waals surface area contributed by atoms with Gasteiger partial charge in [-0.3, -0.25) is 9.36 Å². The van der Waals surface area contributed by atoms with Crippen LogP contribution in [0.4, 0.5) is 0 Å². The van der Waals surface area contributed by atoms with Gasteiger partial charge in [0.2, 0.25) is 0 Å². The Morgan fingerprint density at radius 3 is 2.71 bits per heavy atom. The standard InChI is InChI=1S/C29H27IN2O5S/c1-6-14-36-23-13-12-19(15-21(23)30)16-24-27(33)32-26(20-10-8-9-11-22(20)37-17(3)4)25(28(34)35-7-2)18(5)31-29(32)38-24/h1,8-13,15-17,26H,7,14H2,2-5H3/b24-16+/t26-/m0/s1. The molecule has 1 aromatic heterocycles. The smallest absolute Gasteiger partial charge is 0.338 e. The number of ether oxygens (including phenoxy) is 3. The molecule has 0 aliphatic carbocycles. The van der Waals surface area contributed by atoms with E-state index >= 15 is 0 Å². The Bertz CT molecular complexity index is 1630. The van der Waals surface area contributed by atoms with Gasteiger partial charge in [0, 0.05) is 5.56 Å². The topological polar surface area (TPSA) is 79.1 Å². The summed E-state index contributed by atoms with van der Waals surface area (Å²) in [6, 6.07) is 12.3. The van der Waals surface area contributed by atoms with Crippen molar-refractivity contribution in [1.82, 2.24) is 4.57 Å². The molecule has 0 spiro atoms. The molecule has 7 nitrogen and oxygen atoms in total. The number of terminal acetylenes is 1. The predicted octanol–water partition coefficient (Wildman–Crippen LogP) is 4.20. The number of aromatic nitrogens is 1. The third-order valence-corrected chi connectivity index (χ3v) is 7.48. The molecule has 4 rings (SSSR count). The molecule has 0 amide bonds. The molecule has 1 atom stereocenters.